The van der Waals surface area contributed by atoms with E-state index in [-0.39, 0.29) is 18.7 Å². The van der Waals surface area contributed by atoms with Crippen molar-refractivity contribution < 1.29 is 14.3 Å². The zero-order valence-corrected chi connectivity index (χ0v) is 10.5. The number of nitrogens with one attached hydrogen (secondary N) is 2. The molecule has 1 aromatic rings. The second-order valence-corrected chi connectivity index (χ2v) is 5.43. The van der Waals surface area contributed by atoms with Crippen LogP contribution in [0.4, 0.5) is 0 Å². The van der Waals surface area contributed by atoms with Gasteiger partial charge < -0.3 is 20.1 Å². The highest BCUT2D eigenvalue weighted by Crippen LogP contribution is 2.33. The number of carbonyl (C=O) groups is 1. The van der Waals surface area contributed by atoms with E-state index < -0.39 is 0 Å². The SMILES string of the molecule is O=C(NC1CC2CCC1N2)c1ccc2c(c1)OCO2. The van der Waals surface area contributed by atoms with Gasteiger partial charge in [0.2, 0.25) is 6.79 Å². The summed E-state index contributed by atoms with van der Waals surface area (Å²) in [6.07, 6.45) is 3.44. The van der Waals surface area contributed by atoms with Crippen molar-refractivity contribution in [3.05, 3.63) is 23.8 Å². The molecule has 0 saturated carbocycles. The molecular weight excluding hydrogens is 244 g/mol. The molecule has 5 heteroatoms. The quantitative estimate of drug-likeness (QED) is 0.834. The van der Waals surface area contributed by atoms with Crippen molar-refractivity contribution >= 4 is 5.91 Å². The summed E-state index contributed by atoms with van der Waals surface area (Å²) >= 11 is 0. The summed E-state index contributed by atoms with van der Waals surface area (Å²) in [7, 11) is 0. The number of benzene rings is 1. The highest BCUT2D eigenvalue weighted by Gasteiger charge is 2.39. The largest absolute Gasteiger partial charge is 0.454 e. The molecule has 1 aromatic carbocycles. The van der Waals surface area contributed by atoms with Gasteiger partial charge in [-0.2, -0.15) is 0 Å². The maximum atomic E-state index is 12.2. The Morgan fingerprint density at radius 1 is 1.26 bits per heavy atom. The fourth-order valence-electron chi connectivity index (χ4n) is 3.27. The Labute approximate surface area is 111 Å². The molecule has 0 radical (unpaired) electrons. The van der Waals surface area contributed by atoms with E-state index in [1.54, 1.807) is 18.2 Å². The van der Waals surface area contributed by atoms with E-state index in [1.165, 1.54) is 6.42 Å². The summed E-state index contributed by atoms with van der Waals surface area (Å²) in [6.45, 7) is 0.233. The first-order chi connectivity index (χ1) is 9.29. The second kappa shape index (κ2) is 4.13. The molecule has 0 spiro atoms. The van der Waals surface area contributed by atoms with E-state index in [9.17, 15) is 4.79 Å². The standard InChI is InChI=1S/C14H16N2O3/c17-14(16-11-6-9-2-3-10(11)15-9)8-1-4-12-13(5-8)19-7-18-12/h1,4-5,9-11,15H,2-3,6-7H2,(H,16,17). The molecular formula is C14H16N2O3. The molecule has 3 atom stereocenters. The minimum atomic E-state index is -0.0300. The topological polar surface area (TPSA) is 59.6 Å². The lowest BCUT2D eigenvalue weighted by molar-refractivity contribution is 0.0930. The number of hydrogen-bond donors (Lipinski definition) is 2. The highest BCUT2D eigenvalue weighted by molar-refractivity contribution is 5.95. The summed E-state index contributed by atoms with van der Waals surface area (Å²) in [6, 6.07) is 6.62. The first kappa shape index (κ1) is 11.1. The third-order valence-corrected chi connectivity index (χ3v) is 4.25. The van der Waals surface area contributed by atoms with Crippen LogP contribution >= 0.6 is 0 Å². The molecule has 3 aliphatic heterocycles. The number of hydrogen-bond acceptors (Lipinski definition) is 4. The zero-order valence-electron chi connectivity index (χ0n) is 10.5. The van der Waals surface area contributed by atoms with Crippen LogP contribution in [0.5, 0.6) is 11.5 Å². The van der Waals surface area contributed by atoms with Crippen molar-refractivity contribution in [2.24, 2.45) is 0 Å². The summed E-state index contributed by atoms with van der Waals surface area (Å²) in [5, 5.41) is 6.64. The summed E-state index contributed by atoms with van der Waals surface area (Å²) in [5.41, 5.74) is 0.632. The average molecular weight is 260 g/mol. The van der Waals surface area contributed by atoms with Crippen molar-refractivity contribution in [2.45, 2.75) is 37.4 Å². The molecule has 19 heavy (non-hydrogen) atoms. The third kappa shape index (κ3) is 1.85. The third-order valence-electron chi connectivity index (χ3n) is 4.25. The van der Waals surface area contributed by atoms with Crippen molar-refractivity contribution in [3.63, 3.8) is 0 Å². The van der Waals surface area contributed by atoms with Gasteiger partial charge in [0.15, 0.2) is 11.5 Å². The Morgan fingerprint density at radius 2 is 2.16 bits per heavy atom. The van der Waals surface area contributed by atoms with Gasteiger partial charge in [-0.05, 0) is 37.5 Å². The number of amides is 1. The van der Waals surface area contributed by atoms with Crippen LogP contribution in [0.3, 0.4) is 0 Å². The fourth-order valence-corrected chi connectivity index (χ4v) is 3.27. The number of fused-ring (bicyclic) bond motifs is 3. The molecule has 2 fully saturated rings. The van der Waals surface area contributed by atoms with Crippen LogP contribution in [0.15, 0.2) is 18.2 Å². The van der Waals surface area contributed by atoms with Crippen LogP contribution < -0.4 is 20.1 Å². The summed E-state index contributed by atoms with van der Waals surface area (Å²) in [5.74, 6) is 1.33. The molecule has 3 heterocycles. The first-order valence-electron chi connectivity index (χ1n) is 6.76. The Bertz CT molecular complexity index is 531. The van der Waals surface area contributed by atoms with Crippen LogP contribution in [0.25, 0.3) is 0 Å². The Kier molecular flexibility index (Phi) is 2.41. The average Bonchev–Trinajstić information content (AvgIpc) is 3.13. The first-order valence-corrected chi connectivity index (χ1v) is 6.76. The molecule has 0 aromatic heterocycles. The lowest BCUT2D eigenvalue weighted by Crippen LogP contribution is -2.42. The maximum absolute atomic E-state index is 12.2. The normalized spacial score (nSPS) is 30.6. The molecule has 5 nitrogen and oxygen atoms in total. The van der Waals surface area contributed by atoms with Gasteiger partial charge in [-0.15, -0.1) is 0 Å². The van der Waals surface area contributed by atoms with Crippen molar-refractivity contribution in [3.8, 4) is 11.5 Å². The number of ether oxygens (including phenoxy) is 2. The van der Waals surface area contributed by atoms with Crippen molar-refractivity contribution in [1.82, 2.24) is 10.6 Å². The number of rotatable bonds is 2. The lowest BCUT2D eigenvalue weighted by Gasteiger charge is -2.21. The van der Waals surface area contributed by atoms with Crippen LogP contribution in [-0.4, -0.2) is 30.8 Å². The summed E-state index contributed by atoms with van der Waals surface area (Å²) < 4.78 is 10.5. The monoisotopic (exact) mass is 260 g/mol. The highest BCUT2D eigenvalue weighted by atomic mass is 16.7. The predicted octanol–water partition coefficient (Wildman–Crippen LogP) is 1.04. The Hall–Kier alpha value is -1.75. The lowest BCUT2D eigenvalue weighted by atomic mass is 9.95. The predicted molar refractivity (Wildman–Crippen MR) is 68.4 cm³/mol. The van der Waals surface area contributed by atoms with Crippen molar-refractivity contribution in [2.75, 3.05) is 6.79 Å². The molecule has 100 valence electrons. The van der Waals surface area contributed by atoms with E-state index in [4.69, 9.17) is 9.47 Å². The van der Waals surface area contributed by atoms with Crippen LogP contribution in [0.2, 0.25) is 0 Å². The Morgan fingerprint density at radius 3 is 2.95 bits per heavy atom. The smallest absolute Gasteiger partial charge is 0.251 e. The van der Waals surface area contributed by atoms with Gasteiger partial charge in [-0.25, -0.2) is 0 Å². The minimum absolute atomic E-state index is 0.0300. The minimum Gasteiger partial charge on any atom is -0.454 e. The molecule has 3 unspecified atom stereocenters. The summed E-state index contributed by atoms with van der Waals surface area (Å²) in [4.78, 5) is 12.2. The molecule has 2 N–H and O–H groups in total. The molecule has 4 rings (SSSR count). The van der Waals surface area contributed by atoms with Crippen LogP contribution in [0.1, 0.15) is 29.6 Å². The van der Waals surface area contributed by atoms with Gasteiger partial charge in [-0.1, -0.05) is 0 Å². The van der Waals surface area contributed by atoms with E-state index in [2.05, 4.69) is 10.6 Å². The van der Waals surface area contributed by atoms with E-state index in [0.29, 0.717) is 29.1 Å². The Balaban J connectivity index is 1.48. The van der Waals surface area contributed by atoms with Gasteiger partial charge in [0.1, 0.15) is 0 Å². The van der Waals surface area contributed by atoms with Gasteiger partial charge in [0.05, 0.1) is 0 Å². The van der Waals surface area contributed by atoms with Gasteiger partial charge in [-0.3, -0.25) is 4.79 Å². The van der Waals surface area contributed by atoms with E-state index in [0.717, 1.165) is 12.8 Å². The molecule has 1 amide bonds. The fraction of sp³-hybridized carbons (Fsp3) is 0.500. The molecule has 3 aliphatic rings. The van der Waals surface area contributed by atoms with Crippen molar-refractivity contribution in [1.29, 1.82) is 0 Å². The molecule has 2 bridgehead atoms. The van der Waals surface area contributed by atoms with Gasteiger partial charge in [0, 0.05) is 23.7 Å². The van der Waals surface area contributed by atoms with Crippen LogP contribution in [0, 0.1) is 0 Å². The molecule has 0 aliphatic carbocycles. The zero-order chi connectivity index (χ0) is 12.8. The van der Waals surface area contributed by atoms with E-state index in [1.807, 2.05) is 0 Å². The van der Waals surface area contributed by atoms with Gasteiger partial charge >= 0.3 is 0 Å². The maximum Gasteiger partial charge on any atom is 0.251 e. The van der Waals surface area contributed by atoms with E-state index >= 15 is 0 Å². The van der Waals surface area contributed by atoms with Gasteiger partial charge in [0.25, 0.3) is 5.91 Å². The number of carbonyl (C=O) groups excluding carboxylic acids is 1. The van der Waals surface area contributed by atoms with Crippen LogP contribution in [-0.2, 0) is 0 Å². The molecule has 2 saturated heterocycles. The second-order valence-electron chi connectivity index (χ2n) is 5.43.